The van der Waals surface area contributed by atoms with Crippen LogP contribution in [0.5, 0.6) is 0 Å². The summed E-state index contributed by atoms with van der Waals surface area (Å²) in [5.74, 6) is 1.32. The zero-order chi connectivity index (χ0) is 20.8. The number of amides is 1. The van der Waals surface area contributed by atoms with Crippen LogP contribution in [0, 0.1) is 6.92 Å². The Hall–Kier alpha value is -3.45. The van der Waals surface area contributed by atoms with E-state index in [1.165, 1.54) is 11.8 Å². The molecule has 0 unspecified atom stereocenters. The second kappa shape index (κ2) is 9.37. The minimum Gasteiger partial charge on any atom is -0.326 e. The Labute approximate surface area is 179 Å². The largest absolute Gasteiger partial charge is 0.326 e. The van der Waals surface area contributed by atoms with Gasteiger partial charge in [-0.1, -0.05) is 42.1 Å². The fourth-order valence-electron chi connectivity index (χ4n) is 3.04. The highest BCUT2D eigenvalue weighted by atomic mass is 32.2. The lowest BCUT2D eigenvalue weighted by Crippen LogP contribution is -2.12. The number of rotatable bonds is 7. The van der Waals surface area contributed by atoms with Crippen LogP contribution < -0.4 is 5.32 Å². The van der Waals surface area contributed by atoms with E-state index in [0.717, 1.165) is 33.5 Å². The van der Waals surface area contributed by atoms with Gasteiger partial charge in [-0.2, -0.15) is 0 Å². The van der Waals surface area contributed by atoms with E-state index in [1.54, 1.807) is 12.4 Å². The summed E-state index contributed by atoms with van der Waals surface area (Å²) in [5.41, 5.74) is 3.84. The van der Waals surface area contributed by atoms with Gasteiger partial charge in [0.2, 0.25) is 5.91 Å². The minimum atomic E-state index is -0.0202. The van der Waals surface area contributed by atoms with E-state index in [1.807, 2.05) is 78.2 Å². The molecule has 0 radical (unpaired) electrons. The van der Waals surface area contributed by atoms with E-state index in [0.29, 0.717) is 12.2 Å². The lowest BCUT2D eigenvalue weighted by atomic mass is 10.2. The van der Waals surface area contributed by atoms with Crippen LogP contribution in [0.3, 0.4) is 0 Å². The number of aryl methyl sites for hydroxylation is 1. The van der Waals surface area contributed by atoms with E-state index in [9.17, 15) is 4.79 Å². The summed E-state index contributed by atoms with van der Waals surface area (Å²) in [6.45, 7) is 2.00. The van der Waals surface area contributed by atoms with E-state index in [4.69, 9.17) is 0 Å². The van der Waals surface area contributed by atoms with E-state index in [2.05, 4.69) is 20.5 Å². The van der Waals surface area contributed by atoms with Crippen LogP contribution >= 0.6 is 11.8 Å². The standard InChI is InChI=1S/C23H21N5OS/c1-17-6-5-7-19(16-17)25-21(29)12-15-30-23-27-26-22(18-10-13-24-14-11-18)28(23)20-8-3-2-4-9-20/h2-11,13-14,16H,12,15H2,1H3,(H,25,29). The maximum Gasteiger partial charge on any atom is 0.225 e. The van der Waals surface area contributed by atoms with Crippen molar-refractivity contribution in [1.29, 1.82) is 0 Å². The van der Waals surface area contributed by atoms with Crippen molar-refractivity contribution in [2.45, 2.75) is 18.5 Å². The summed E-state index contributed by atoms with van der Waals surface area (Å²) in [6, 6.07) is 21.6. The van der Waals surface area contributed by atoms with E-state index in [-0.39, 0.29) is 5.91 Å². The molecule has 0 aliphatic carbocycles. The van der Waals surface area contributed by atoms with Crippen molar-refractivity contribution < 1.29 is 4.79 Å². The predicted molar refractivity (Wildman–Crippen MR) is 120 cm³/mol. The Morgan fingerprint density at radius 2 is 1.80 bits per heavy atom. The van der Waals surface area contributed by atoms with Crippen LogP contribution in [0.4, 0.5) is 5.69 Å². The summed E-state index contributed by atoms with van der Waals surface area (Å²) in [4.78, 5) is 16.4. The highest BCUT2D eigenvalue weighted by Gasteiger charge is 2.16. The highest BCUT2D eigenvalue weighted by Crippen LogP contribution is 2.28. The Kier molecular flexibility index (Phi) is 6.20. The summed E-state index contributed by atoms with van der Waals surface area (Å²) < 4.78 is 2.01. The molecule has 6 nitrogen and oxygen atoms in total. The third-order valence-corrected chi connectivity index (χ3v) is 5.38. The van der Waals surface area contributed by atoms with Crippen LogP contribution in [-0.4, -0.2) is 31.4 Å². The average molecular weight is 416 g/mol. The molecule has 0 saturated heterocycles. The topological polar surface area (TPSA) is 72.7 Å². The highest BCUT2D eigenvalue weighted by molar-refractivity contribution is 7.99. The molecule has 4 rings (SSSR count). The van der Waals surface area contributed by atoms with Crippen LogP contribution in [0.1, 0.15) is 12.0 Å². The number of hydrogen-bond donors (Lipinski definition) is 1. The number of thioether (sulfide) groups is 1. The van der Waals surface area contributed by atoms with Gasteiger partial charge >= 0.3 is 0 Å². The number of anilines is 1. The molecule has 0 spiro atoms. The number of carbonyl (C=O) groups excluding carboxylic acids is 1. The molecule has 0 bridgehead atoms. The van der Waals surface area contributed by atoms with Crippen molar-refractivity contribution in [3.63, 3.8) is 0 Å². The van der Waals surface area contributed by atoms with Gasteiger partial charge in [0.25, 0.3) is 0 Å². The molecule has 0 aliphatic rings. The fraction of sp³-hybridized carbons (Fsp3) is 0.130. The zero-order valence-corrected chi connectivity index (χ0v) is 17.3. The molecular weight excluding hydrogens is 394 g/mol. The number of hydrogen-bond acceptors (Lipinski definition) is 5. The number of aromatic nitrogens is 4. The molecular formula is C23H21N5OS. The van der Waals surface area contributed by atoms with Crippen molar-refractivity contribution in [2.24, 2.45) is 0 Å². The first-order valence-electron chi connectivity index (χ1n) is 9.61. The molecule has 0 aliphatic heterocycles. The maximum absolute atomic E-state index is 12.3. The smallest absolute Gasteiger partial charge is 0.225 e. The lowest BCUT2D eigenvalue weighted by Gasteiger charge is -2.10. The predicted octanol–water partition coefficient (Wildman–Crippen LogP) is 4.76. The van der Waals surface area contributed by atoms with E-state index >= 15 is 0 Å². The summed E-state index contributed by atoms with van der Waals surface area (Å²) >= 11 is 1.51. The molecule has 150 valence electrons. The maximum atomic E-state index is 12.3. The summed E-state index contributed by atoms with van der Waals surface area (Å²) in [5, 5.41) is 12.5. The van der Waals surface area contributed by atoms with Crippen molar-refractivity contribution in [1.82, 2.24) is 19.7 Å². The third kappa shape index (κ3) is 4.75. The molecule has 30 heavy (non-hydrogen) atoms. The molecule has 2 heterocycles. The molecule has 0 fully saturated rings. The van der Waals surface area contributed by atoms with Gasteiger partial charge in [0.1, 0.15) is 0 Å². The molecule has 4 aromatic rings. The molecule has 1 amide bonds. The Balaban J connectivity index is 1.49. The minimum absolute atomic E-state index is 0.0202. The molecule has 1 N–H and O–H groups in total. The van der Waals surface area contributed by atoms with Crippen LogP contribution in [0.2, 0.25) is 0 Å². The number of nitrogens with one attached hydrogen (secondary N) is 1. The van der Waals surface area contributed by atoms with Gasteiger partial charge in [-0.25, -0.2) is 0 Å². The van der Waals surface area contributed by atoms with Gasteiger partial charge in [0.05, 0.1) is 0 Å². The van der Waals surface area contributed by atoms with Crippen LogP contribution in [-0.2, 0) is 4.79 Å². The normalized spacial score (nSPS) is 10.7. The lowest BCUT2D eigenvalue weighted by molar-refractivity contribution is -0.115. The van der Waals surface area contributed by atoms with Crippen molar-refractivity contribution in [2.75, 3.05) is 11.1 Å². The van der Waals surface area contributed by atoms with E-state index < -0.39 is 0 Å². The first-order chi connectivity index (χ1) is 14.7. The van der Waals surface area contributed by atoms with Gasteiger partial charge in [0.15, 0.2) is 11.0 Å². The van der Waals surface area contributed by atoms with Crippen molar-refractivity contribution in [3.05, 3.63) is 84.7 Å². The molecule has 2 aromatic carbocycles. The van der Waals surface area contributed by atoms with Gasteiger partial charge in [-0.05, 0) is 48.9 Å². The molecule has 0 saturated carbocycles. The van der Waals surface area contributed by atoms with Gasteiger partial charge < -0.3 is 5.32 Å². The number of pyridine rings is 1. The quantitative estimate of drug-likeness (QED) is 0.441. The van der Waals surface area contributed by atoms with Crippen LogP contribution in [0.15, 0.2) is 84.3 Å². The Morgan fingerprint density at radius 1 is 1.00 bits per heavy atom. The fourth-order valence-corrected chi connectivity index (χ4v) is 3.93. The summed E-state index contributed by atoms with van der Waals surface area (Å²) in [6.07, 6.45) is 3.86. The SMILES string of the molecule is Cc1cccc(NC(=O)CCSc2nnc(-c3ccncc3)n2-c2ccccc2)c1. The molecule has 0 atom stereocenters. The van der Waals surface area contributed by atoms with Gasteiger partial charge in [-0.3, -0.25) is 14.3 Å². The number of nitrogens with zero attached hydrogens (tertiary/aromatic N) is 4. The van der Waals surface area contributed by atoms with Crippen molar-refractivity contribution >= 4 is 23.4 Å². The monoisotopic (exact) mass is 415 g/mol. The number of para-hydroxylation sites is 1. The van der Waals surface area contributed by atoms with Crippen molar-refractivity contribution in [3.8, 4) is 17.1 Å². The third-order valence-electron chi connectivity index (χ3n) is 4.45. The average Bonchev–Trinajstić information content (AvgIpc) is 3.19. The number of benzene rings is 2. The Morgan fingerprint density at radius 3 is 2.57 bits per heavy atom. The van der Waals surface area contributed by atoms with Gasteiger partial charge in [0, 0.05) is 41.5 Å². The first-order valence-corrected chi connectivity index (χ1v) is 10.6. The Bertz CT molecular complexity index is 1130. The summed E-state index contributed by atoms with van der Waals surface area (Å²) in [7, 11) is 0. The second-order valence-electron chi connectivity index (χ2n) is 6.73. The zero-order valence-electron chi connectivity index (χ0n) is 16.5. The first kappa shape index (κ1) is 19.8. The molecule has 2 aromatic heterocycles. The molecule has 7 heteroatoms. The second-order valence-corrected chi connectivity index (χ2v) is 7.79. The van der Waals surface area contributed by atoms with Crippen LogP contribution in [0.25, 0.3) is 17.1 Å². The van der Waals surface area contributed by atoms with Gasteiger partial charge in [-0.15, -0.1) is 10.2 Å². The number of carbonyl (C=O) groups is 1.